The second-order valence-electron chi connectivity index (χ2n) is 7.45. The molecule has 1 aromatic carbocycles. The number of nitrogens with one attached hydrogen (secondary N) is 1. The predicted molar refractivity (Wildman–Crippen MR) is 104 cm³/mol. The van der Waals surface area contributed by atoms with E-state index >= 15 is 0 Å². The van der Waals surface area contributed by atoms with E-state index in [-0.39, 0.29) is 17.0 Å². The van der Waals surface area contributed by atoms with Crippen LogP contribution in [0.25, 0.3) is 5.78 Å². The molecule has 30 heavy (non-hydrogen) atoms. The van der Waals surface area contributed by atoms with Gasteiger partial charge in [0.2, 0.25) is 0 Å². The molecule has 7 nitrogen and oxygen atoms in total. The summed E-state index contributed by atoms with van der Waals surface area (Å²) in [5.41, 5.74) is 0.712. The first-order chi connectivity index (χ1) is 14.3. The average Bonchev–Trinajstić information content (AvgIpc) is 3.21. The van der Waals surface area contributed by atoms with Gasteiger partial charge in [-0.1, -0.05) is 17.7 Å². The fourth-order valence-electron chi connectivity index (χ4n) is 3.88. The minimum atomic E-state index is -4.58. The molecular formula is C20H22F3N5O2. The predicted octanol–water partition coefficient (Wildman–Crippen LogP) is 3.62. The number of aromatic nitrogens is 4. The van der Waals surface area contributed by atoms with Gasteiger partial charge in [-0.2, -0.15) is 27.8 Å². The topological polar surface area (TPSA) is 73.6 Å². The Bertz CT molecular complexity index is 1040. The maximum atomic E-state index is 13.3. The highest BCUT2D eigenvalue weighted by Crippen LogP contribution is 2.41. The van der Waals surface area contributed by atoms with E-state index in [4.69, 9.17) is 9.47 Å². The number of nitrogens with zero attached hydrogens (tertiary/aromatic N) is 4. The van der Waals surface area contributed by atoms with Crippen LogP contribution in [-0.2, 0) is 16.3 Å². The number of fused-ring (bicyclic) bond motifs is 1. The van der Waals surface area contributed by atoms with Crippen LogP contribution in [0.2, 0.25) is 0 Å². The highest BCUT2D eigenvalue weighted by atomic mass is 19.4. The maximum Gasteiger partial charge on any atom is 0.433 e. The number of hydrogen-bond acceptors (Lipinski definition) is 6. The Morgan fingerprint density at radius 3 is 2.70 bits per heavy atom. The van der Waals surface area contributed by atoms with Gasteiger partial charge in [-0.05, 0) is 25.8 Å². The van der Waals surface area contributed by atoms with E-state index in [1.807, 2.05) is 19.1 Å². The van der Waals surface area contributed by atoms with Crippen LogP contribution >= 0.6 is 0 Å². The van der Waals surface area contributed by atoms with E-state index in [0.29, 0.717) is 32.6 Å². The first-order valence-electron chi connectivity index (χ1n) is 9.57. The molecule has 2 aromatic heterocycles. The van der Waals surface area contributed by atoms with Crippen LogP contribution in [0, 0.1) is 6.92 Å². The van der Waals surface area contributed by atoms with Crippen LogP contribution in [-0.4, -0.2) is 46.5 Å². The summed E-state index contributed by atoms with van der Waals surface area (Å²) in [6.45, 7) is 3.50. The fourth-order valence-corrected chi connectivity index (χ4v) is 3.88. The Balaban J connectivity index is 1.73. The van der Waals surface area contributed by atoms with Gasteiger partial charge in [-0.15, -0.1) is 0 Å². The Kier molecular flexibility index (Phi) is 5.27. The monoisotopic (exact) mass is 421 g/mol. The summed E-state index contributed by atoms with van der Waals surface area (Å²) in [5.74, 6) is 0.824. The molecule has 4 rings (SSSR count). The summed E-state index contributed by atoms with van der Waals surface area (Å²) in [4.78, 5) is 7.38. The van der Waals surface area contributed by atoms with Gasteiger partial charge in [0, 0.05) is 36.8 Å². The fraction of sp³-hybridized carbons (Fsp3) is 0.450. The molecule has 0 unspecified atom stereocenters. The van der Waals surface area contributed by atoms with E-state index in [9.17, 15) is 13.2 Å². The third kappa shape index (κ3) is 3.79. The van der Waals surface area contributed by atoms with Crippen molar-refractivity contribution in [1.82, 2.24) is 19.6 Å². The van der Waals surface area contributed by atoms with Gasteiger partial charge in [0.25, 0.3) is 5.78 Å². The molecule has 1 aliphatic heterocycles. The van der Waals surface area contributed by atoms with Crippen molar-refractivity contribution in [3.8, 4) is 5.75 Å². The number of aryl methyl sites for hydroxylation is 1. The van der Waals surface area contributed by atoms with Gasteiger partial charge in [0.15, 0.2) is 5.69 Å². The Morgan fingerprint density at radius 2 is 2.00 bits per heavy atom. The summed E-state index contributed by atoms with van der Waals surface area (Å²) in [5, 5.41) is 7.19. The van der Waals surface area contributed by atoms with Gasteiger partial charge in [-0.25, -0.2) is 4.98 Å². The third-order valence-corrected chi connectivity index (χ3v) is 5.53. The van der Waals surface area contributed by atoms with Crippen molar-refractivity contribution >= 4 is 11.6 Å². The SMILES string of the molecule is COc1ccc(C)cc1C1(CNc2cc(C(F)(F)F)nc3ncnn23)CCOCC1. The zero-order chi connectivity index (χ0) is 21.4. The number of anilines is 1. The lowest BCUT2D eigenvalue weighted by atomic mass is 9.73. The molecule has 1 N–H and O–H groups in total. The normalized spacial score (nSPS) is 16.6. The van der Waals surface area contributed by atoms with Crippen LogP contribution in [0.4, 0.5) is 19.0 Å². The van der Waals surface area contributed by atoms with Crippen LogP contribution in [0.15, 0.2) is 30.6 Å². The molecule has 160 valence electrons. The van der Waals surface area contributed by atoms with Gasteiger partial charge >= 0.3 is 6.18 Å². The molecule has 0 aliphatic carbocycles. The van der Waals surface area contributed by atoms with Gasteiger partial charge < -0.3 is 14.8 Å². The highest BCUT2D eigenvalue weighted by Gasteiger charge is 2.38. The minimum Gasteiger partial charge on any atom is -0.496 e. The summed E-state index contributed by atoms with van der Waals surface area (Å²) in [7, 11) is 1.62. The molecule has 0 spiro atoms. The van der Waals surface area contributed by atoms with Crippen molar-refractivity contribution in [3.05, 3.63) is 47.4 Å². The van der Waals surface area contributed by atoms with Gasteiger partial charge in [0.05, 0.1) is 7.11 Å². The van der Waals surface area contributed by atoms with Crippen molar-refractivity contribution in [3.63, 3.8) is 0 Å². The largest absolute Gasteiger partial charge is 0.496 e. The average molecular weight is 421 g/mol. The second kappa shape index (κ2) is 7.75. The van der Waals surface area contributed by atoms with E-state index in [1.54, 1.807) is 7.11 Å². The summed E-state index contributed by atoms with van der Waals surface area (Å²) >= 11 is 0. The van der Waals surface area contributed by atoms with Crippen LogP contribution in [0.3, 0.4) is 0 Å². The van der Waals surface area contributed by atoms with E-state index in [0.717, 1.165) is 22.9 Å². The lowest BCUT2D eigenvalue weighted by molar-refractivity contribution is -0.141. The molecule has 10 heteroatoms. The summed E-state index contributed by atoms with van der Waals surface area (Å²) < 4.78 is 52.3. The molecule has 0 radical (unpaired) electrons. The Hall–Kier alpha value is -2.88. The minimum absolute atomic E-state index is 0.110. The summed E-state index contributed by atoms with van der Waals surface area (Å²) in [6.07, 6.45) is -1.99. The maximum absolute atomic E-state index is 13.3. The van der Waals surface area contributed by atoms with Crippen LogP contribution in [0.1, 0.15) is 29.7 Å². The Labute approximate surface area is 171 Å². The molecule has 1 saturated heterocycles. The molecule has 3 aromatic rings. The lowest BCUT2D eigenvalue weighted by Gasteiger charge is -2.39. The third-order valence-electron chi connectivity index (χ3n) is 5.53. The molecule has 0 atom stereocenters. The molecule has 3 heterocycles. The van der Waals surface area contributed by atoms with E-state index in [1.165, 1.54) is 10.8 Å². The van der Waals surface area contributed by atoms with Crippen molar-refractivity contribution in [2.75, 3.05) is 32.2 Å². The number of rotatable bonds is 5. The smallest absolute Gasteiger partial charge is 0.433 e. The molecular weight excluding hydrogens is 399 g/mol. The Morgan fingerprint density at radius 1 is 1.23 bits per heavy atom. The number of alkyl halides is 3. The number of methoxy groups -OCH3 is 1. The van der Waals surface area contributed by atoms with Gasteiger partial charge in [0.1, 0.15) is 17.9 Å². The van der Waals surface area contributed by atoms with Crippen molar-refractivity contribution in [2.45, 2.75) is 31.4 Å². The first kappa shape index (κ1) is 20.4. The molecule has 0 bridgehead atoms. The number of benzene rings is 1. The molecule has 0 saturated carbocycles. The molecule has 0 amide bonds. The number of hydrogen-bond donors (Lipinski definition) is 1. The number of ether oxygens (including phenoxy) is 2. The van der Waals surface area contributed by atoms with E-state index in [2.05, 4.69) is 26.4 Å². The van der Waals surface area contributed by atoms with Crippen molar-refractivity contribution in [1.29, 1.82) is 0 Å². The van der Waals surface area contributed by atoms with Gasteiger partial charge in [-0.3, -0.25) is 0 Å². The van der Waals surface area contributed by atoms with Crippen molar-refractivity contribution in [2.24, 2.45) is 0 Å². The zero-order valence-corrected chi connectivity index (χ0v) is 16.7. The van der Waals surface area contributed by atoms with Crippen LogP contribution < -0.4 is 10.1 Å². The summed E-state index contributed by atoms with van der Waals surface area (Å²) in [6, 6.07) is 6.93. The van der Waals surface area contributed by atoms with Crippen LogP contribution in [0.5, 0.6) is 5.75 Å². The quantitative estimate of drug-likeness (QED) is 0.678. The lowest BCUT2D eigenvalue weighted by Crippen LogP contribution is -2.40. The first-order valence-corrected chi connectivity index (χ1v) is 9.57. The number of halogens is 3. The highest BCUT2D eigenvalue weighted by molar-refractivity contribution is 5.48. The standard InChI is InChI=1S/C20H22F3N5O2/c1-13-3-4-15(29-2)14(9-13)19(5-7-30-8-6-19)11-24-17-10-16(20(21,22)23)27-18-25-12-26-28(17)18/h3-4,9-10,12,24H,5-8,11H2,1-2H3. The zero-order valence-electron chi connectivity index (χ0n) is 16.7. The van der Waals surface area contributed by atoms with E-state index < -0.39 is 11.9 Å². The second-order valence-corrected chi connectivity index (χ2v) is 7.45. The molecule has 1 aliphatic rings. The van der Waals surface area contributed by atoms with Crippen molar-refractivity contribution < 1.29 is 22.6 Å². The molecule has 1 fully saturated rings.